The van der Waals surface area contributed by atoms with Gasteiger partial charge in [-0.25, -0.2) is 4.98 Å². The number of aliphatic hydroxyl groups is 1. The van der Waals surface area contributed by atoms with Crippen LogP contribution < -0.4 is 5.73 Å². The largest absolute Gasteiger partial charge is 0.390 e. The highest BCUT2D eigenvalue weighted by atomic mass is 16.3. The molecule has 0 atom stereocenters. The van der Waals surface area contributed by atoms with Gasteiger partial charge >= 0.3 is 0 Å². The maximum atomic E-state index is 9.90. The van der Waals surface area contributed by atoms with Crippen LogP contribution in [0, 0.1) is 0 Å². The summed E-state index contributed by atoms with van der Waals surface area (Å²) < 4.78 is 0. The molecule has 1 fully saturated rings. The molecule has 1 aliphatic rings. The van der Waals surface area contributed by atoms with Crippen molar-refractivity contribution in [2.45, 2.75) is 31.3 Å². The van der Waals surface area contributed by atoms with Gasteiger partial charge < -0.3 is 10.8 Å². The summed E-state index contributed by atoms with van der Waals surface area (Å²) >= 11 is 0. The minimum atomic E-state index is -0.503. The molecule has 0 saturated heterocycles. The summed E-state index contributed by atoms with van der Waals surface area (Å²) in [6.45, 7) is 0. The summed E-state index contributed by atoms with van der Waals surface area (Å²) in [6, 6.07) is 3.78. The van der Waals surface area contributed by atoms with Crippen molar-refractivity contribution in [3.05, 3.63) is 23.9 Å². The number of aromatic nitrogens is 1. The number of pyridine rings is 1. The van der Waals surface area contributed by atoms with Crippen molar-refractivity contribution in [2.75, 3.05) is 5.73 Å². The highest BCUT2D eigenvalue weighted by Crippen LogP contribution is 2.35. The Hall–Kier alpha value is -1.09. The lowest BCUT2D eigenvalue weighted by molar-refractivity contribution is -0.0322. The van der Waals surface area contributed by atoms with E-state index in [0.29, 0.717) is 12.2 Å². The maximum absolute atomic E-state index is 9.90. The van der Waals surface area contributed by atoms with Crippen LogP contribution in [0.25, 0.3) is 0 Å². The van der Waals surface area contributed by atoms with E-state index in [-0.39, 0.29) is 0 Å². The van der Waals surface area contributed by atoms with Crippen LogP contribution in [0.3, 0.4) is 0 Å². The average molecular weight is 178 g/mol. The number of rotatable bonds is 2. The summed E-state index contributed by atoms with van der Waals surface area (Å²) in [5.41, 5.74) is 6.14. The Bertz CT molecular complexity index is 308. The van der Waals surface area contributed by atoms with Gasteiger partial charge in [0, 0.05) is 12.6 Å². The molecule has 2 rings (SSSR count). The smallest absolute Gasteiger partial charge is 0.126 e. The molecule has 0 spiro atoms. The Labute approximate surface area is 77.6 Å². The topological polar surface area (TPSA) is 59.1 Å². The van der Waals surface area contributed by atoms with E-state index in [1.807, 2.05) is 12.1 Å². The van der Waals surface area contributed by atoms with E-state index in [2.05, 4.69) is 4.98 Å². The number of nitrogens with zero attached hydrogens (tertiary/aromatic N) is 1. The summed E-state index contributed by atoms with van der Waals surface area (Å²) in [5.74, 6) is 0.544. The Morgan fingerprint density at radius 2 is 2.31 bits per heavy atom. The zero-order valence-corrected chi connectivity index (χ0v) is 7.53. The lowest BCUT2D eigenvalue weighted by Crippen LogP contribution is -2.39. The van der Waals surface area contributed by atoms with Crippen LogP contribution in [0.1, 0.15) is 24.8 Å². The second-order valence-corrected chi connectivity index (χ2v) is 3.80. The standard InChI is InChI=1S/C10H14N2O/c11-9-8(3-1-6-12-9)7-10(13)4-2-5-10/h1,3,6,13H,2,4-5,7H2,(H2,11,12). The fourth-order valence-corrected chi connectivity index (χ4v) is 1.72. The Morgan fingerprint density at radius 3 is 2.85 bits per heavy atom. The van der Waals surface area contributed by atoms with Crippen LogP contribution in [0.5, 0.6) is 0 Å². The lowest BCUT2D eigenvalue weighted by Gasteiger charge is -2.36. The monoisotopic (exact) mass is 178 g/mol. The van der Waals surface area contributed by atoms with E-state index in [4.69, 9.17) is 5.73 Å². The van der Waals surface area contributed by atoms with E-state index >= 15 is 0 Å². The van der Waals surface area contributed by atoms with Crippen molar-refractivity contribution in [2.24, 2.45) is 0 Å². The molecule has 1 heterocycles. The normalized spacial score (nSPS) is 19.5. The van der Waals surface area contributed by atoms with Gasteiger partial charge in [-0.1, -0.05) is 6.07 Å². The fourth-order valence-electron chi connectivity index (χ4n) is 1.72. The second kappa shape index (κ2) is 3.00. The van der Waals surface area contributed by atoms with Gasteiger partial charge in [0.25, 0.3) is 0 Å². The summed E-state index contributed by atoms with van der Waals surface area (Å²) in [7, 11) is 0. The van der Waals surface area contributed by atoms with E-state index in [0.717, 1.165) is 24.8 Å². The first-order valence-corrected chi connectivity index (χ1v) is 4.61. The molecular formula is C10H14N2O. The van der Waals surface area contributed by atoms with Crippen LogP contribution >= 0.6 is 0 Å². The van der Waals surface area contributed by atoms with Gasteiger partial charge in [-0.2, -0.15) is 0 Å². The maximum Gasteiger partial charge on any atom is 0.126 e. The molecule has 0 amide bonds. The van der Waals surface area contributed by atoms with Gasteiger partial charge in [0.15, 0.2) is 0 Å². The molecule has 70 valence electrons. The first kappa shape index (κ1) is 8.51. The van der Waals surface area contributed by atoms with Crippen LogP contribution in [0.15, 0.2) is 18.3 Å². The quantitative estimate of drug-likeness (QED) is 0.713. The molecule has 1 saturated carbocycles. The Balaban J connectivity index is 2.13. The minimum absolute atomic E-state index is 0.503. The lowest BCUT2D eigenvalue weighted by atomic mass is 9.76. The van der Waals surface area contributed by atoms with E-state index in [1.165, 1.54) is 0 Å². The van der Waals surface area contributed by atoms with Gasteiger partial charge in [-0.05, 0) is 30.9 Å². The third kappa shape index (κ3) is 1.65. The fraction of sp³-hybridized carbons (Fsp3) is 0.500. The van der Waals surface area contributed by atoms with E-state index in [9.17, 15) is 5.11 Å². The average Bonchev–Trinajstić information content (AvgIpc) is 2.06. The predicted octanol–water partition coefficient (Wildman–Crippen LogP) is 1.12. The van der Waals surface area contributed by atoms with Crippen LogP contribution in [0.4, 0.5) is 5.82 Å². The van der Waals surface area contributed by atoms with E-state index in [1.54, 1.807) is 6.20 Å². The number of hydrogen-bond donors (Lipinski definition) is 2. The van der Waals surface area contributed by atoms with Crippen LogP contribution in [-0.4, -0.2) is 15.7 Å². The van der Waals surface area contributed by atoms with Crippen LogP contribution in [-0.2, 0) is 6.42 Å². The molecule has 0 radical (unpaired) electrons. The molecule has 1 aromatic rings. The molecule has 3 nitrogen and oxygen atoms in total. The van der Waals surface area contributed by atoms with Crippen molar-refractivity contribution in [1.82, 2.24) is 4.98 Å². The number of hydrogen-bond acceptors (Lipinski definition) is 3. The number of nitrogen functional groups attached to an aromatic ring is 1. The first-order valence-electron chi connectivity index (χ1n) is 4.61. The van der Waals surface area contributed by atoms with E-state index < -0.39 is 5.60 Å². The van der Waals surface area contributed by atoms with Gasteiger partial charge in [0.2, 0.25) is 0 Å². The van der Waals surface area contributed by atoms with Crippen molar-refractivity contribution in [1.29, 1.82) is 0 Å². The minimum Gasteiger partial charge on any atom is -0.390 e. The van der Waals surface area contributed by atoms with Gasteiger partial charge in [-0.15, -0.1) is 0 Å². The highest BCUT2D eigenvalue weighted by molar-refractivity contribution is 5.39. The molecule has 0 aromatic carbocycles. The summed E-state index contributed by atoms with van der Waals surface area (Å²) in [4.78, 5) is 3.99. The van der Waals surface area contributed by atoms with Crippen molar-refractivity contribution in [3.63, 3.8) is 0 Å². The van der Waals surface area contributed by atoms with Crippen molar-refractivity contribution in [3.8, 4) is 0 Å². The molecule has 0 unspecified atom stereocenters. The molecule has 3 heteroatoms. The van der Waals surface area contributed by atoms with Gasteiger partial charge in [0.05, 0.1) is 5.60 Å². The third-order valence-corrected chi connectivity index (χ3v) is 2.73. The molecule has 13 heavy (non-hydrogen) atoms. The third-order valence-electron chi connectivity index (χ3n) is 2.73. The molecule has 0 bridgehead atoms. The number of nitrogens with two attached hydrogens (primary N) is 1. The first-order chi connectivity index (χ1) is 6.20. The molecule has 0 aliphatic heterocycles. The zero-order valence-electron chi connectivity index (χ0n) is 7.53. The van der Waals surface area contributed by atoms with Crippen molar-refractivity contribution >= 4 is 5.82 Å². The molecular weight excluding hydrogens is 164 g/mol. The Kier molecular flexibility index (Phi) is 1.96. The summed E-state index contributed by atoms with van der Waals surface area (Å²) in [5, 5.41) is 9.90. The number of anilines is 1. The SMILES string of the molecule is Nc1ncccc1CC1(O)CCC1. The second-order valence-electron chi connectivity index (χ2n) is 3.80. The molecule has 3 N–H and O–H groups in total. The van der Waals surface area contributed by atoms with Gasteiger partial charge in [0.1, 0.15) is 5.82 Å². The highest BCUT2D eigenvalue weighted by Gasteiger charge is 2.34. The van der Waals surface area contributed by atoms with Gasteiger partial charge in [-0.3, -0.25) is 0 Å². The molecule has 1 aliphatic carbocycles. The Morgan fingerprint density at radius 1 is 1.54 bits per heavy atom. The van der Waals surface area contributed by atoms with Crippen LogP contribution in [0.2, 0.25) is 0 Å². The predicted molar refractivity (Wildman–Crippen MR) is 51.2 cm³/mol. The van der Waals surface area contributed by atoms with Crippen molar-refractivity contribution < 1.29 is 5.11 Å². The summed E-state index contributed by atoms with van der Waals surface area (Å²) in [6.07, 6.45) is 5.22. The molecule has 1 aromatic heterocycles. The zero-order chi connectivity index (χ0) is 9.31.